The van der Waals surface area contributed by atoms with E-state index in [4.69, 9.17) is 4.74 Å². The van der Waals surface area contributed by atoms with Crippen molar-refractivity contribution in [2.24, 2.45) is 5.92 Å². The van der Waals surface area contributed by atoms with Gasteiger partial charge < -0.3 is 10.1 Å². The van der Waals surface area contributed by atoms with Gasteiger partial charge in [-0.05, 0) is 25.0 Å². The van der Waals surface area contributed by atoms with Crippen LogP contribution in [0.2, 0.25) is 0 Å². The van der Waals surface area contributed by atoms with Crippen LogP contribution in [0.15, 0.2) is 16.6 Å². The fourth-order valence-electron chi connectivity index (χ4n) is 1.65. The van der Waals surface area contributed by atoms with Crippen molar-refractivity contribution in [1.82, 2.24) is 5.32 Å². The van der Waals surface area contributed by atoms with Gasteiger partial charge in [-0.2, -0.15) is 0 Å². The van der Waals surface area contributed by atoms with Crippen molar-refractivity contribution in [2.45, 2.75) is 26.8 Å². The fourth-order valence-corrected chi connectivity index (χ4v) is 2.05. The van der Waals surface area contributed by atoms with E-state index in [9.17, 15) is 13.6 Å². The molecule has 1 aromatic carbocycles. The Bertz CT molecular complexity index is 457. The Hall–Kier alpha value is -1.01. The summed E-state index contributed by atoms with van der Waals surface area (Å²) in [5, 5.41) is 2.61. The third kappa shape index (κ3) is 4.52. The van der Waals surface area contributed by atoms with Crippen molar-refractivity contribution in [3.05, 3.63) is 33.8 Å². The number of nitrogens with one attached hydrogen (secondary N) is 1. The van der Waals surface area contributed by atoms with E-state index in [0.717, 1.165) is 12.1 Å². The zero-order valence-electron chi connectivity index (χ0n) is 11.7. The summed E-state index contributed by atoms with van der Waals surface area (Å²) in [6, 6.07) is 1.82. The van der Waals surface area contributed by atoms with Gasteiger partial charge in [0.2, 0.25) is 0 Å². The number of carbonyl (C=O) groups excluding carboxylic acids is 1. The Balaban J connectivity index is 2.89. The zero-order valence-corrected chi connectivity index (χ0v) is 13.3. The number of hydrogen-bond acceptors (Lipinski definition) is 2. The molecule has 0 aromatic heterocycles. The maximum absolute atomic E-state index is 13.7. The molecule has 112 valence electrons. The lowest BCUT2D eigenvalue weighted by atomic mass is 10.0. The molecule has 20 heavy (non-hydrogen) atoms. The van der Waals surface area contributed by atoms with E-state index in [0.29, 0.717) is 13.2 Å². The first-order valence-electron chi connectivity index (χ1n) is 6.40. The van der Waals surface area contributed by atoms with Crippen LogP contribution in [0.5, 0.6) is 0 Å². The number of ether oxygens (including phenoxy) is 1. The molecule has 0 fully saturated rings. The number of hydrogen-bond donors (Lipinski definition) is 1. The molecule has 1 atom stereocenters. The van der Waals surface area contributed by atoms with E-state index < -0.39 is 23.1 Å². The third-order valence-electron chi connectivity index (χ3n) is 2.86. The van der Waals surface area contributed by atoms with Crippen LogP contribution in [-0.4, -0.2) is 25.2 Å². The van der Waals surface area contributed by atoms with Gasteiger partial charge in [0.05, 0.1) is 12.6 Å². The minimum absolute atomic E-state index is 0.0899. The van der Waals surface area contributed by atoms with Gasteiger partial charge in [-0.3, -0.25) is 4.79 Å². The van der Waals surface area contributed by atoms with Gasteiger partial charge in [-0.15, -0.1) is 0 Å². The summed E-state index contributed by atoms with van der Waals surface area (Å²) in [7, 11) is 0. The zero-order chi connectivity index (χ0) is 15.3. The number of halogens is 3. The molecule has 0 bridgehead atoms. The second kappa shape index (κ2) is 7.69. The standard InChI is InChI=1S/C14H18BrF2NO2/c1-4-20-7-12(8(2)3)18-14(19)13-10(16)5-9(15)6-11(13)17/h5-6,8,12H,4,7H2,1-3H3,(H,18,19). The normalized spacial score (nSPS) is 12.6. The third-order valence-corrected chi connectivity index (χ3v) is 3.31. The molecule has 0 spiro atoms. The fraction of sp³-hybridized carbons (Fsp3) is 0.500. The molecule has 1 amide bonds. The Labute approximate surface area is 125 Å². The minimum Gasteiger partial charge on any atom is -0.380 e. The van der Waals surface area contributed by atoms with E-state index in [1.165, 1.54) is 0 Å². The molecule has 1 rings (SSSR count). The molecular formula is C14H18BrF2NO2. The van der Waals surface area contributed by atoms with Gasteiger partial charge in [-0.1, -0.05) is 29.8 Å². The molecular weight excluding hydrogens is 332 g/mol. The number of amides is 1. The maximum Gasteiger partial charge on any atom is 0.257 e. The van der Waals surface area contributed by atoms with Crippen molar-refractivity contribution >= 4 is 21.8 Å². The van der Waals surface area contributed by atoms with Crippen molar-refractivity contribution in [2.75, 3.05) is 13.2 Å². The number of carbonyl (C=O) groups is 1. The van der Waals surface area contributed by atoms with E-state index in [1.807, 2.05) is 20.8 Å². The van der Waals surface area contributed by atoms with Crippen LogP contribution in [0.3, 0.4) is 0 Å². The molecule has 0 saturated heterocycles. The Morgan fingerprint density at radius 2 is 1.90 bits per heavy atom. The molecule has 0 radical (unpaired) electrons. The first-order chi connectivity index (χ1) is 9.36. The van der Waals surface area contributed by atoms with Crippen LogP contribution in [0.25, 0.3) is 0 Å². The molecule has 0 aliphatic carbocycles. The molecule has 6 heteroatoms. The second-order valence-corrected chi connectivity index (χ2v) is 5.64. The molecule has 0 aliphatic rings. The summed E-state index contributed by atoms with van der Waals surface area (Å²) >= 11 is 2.97. The second-order valence-electron chi connectivity index (χ2n) is 4.73. The van der Waals surface area contributed by atoms with Crippen LogP contribution < -0.4 is 5.32 Å². The summed E-state index contributed by atoms with van der Waals surface area (Å²) in [6.45, 7) is 6.46. The summed E-state index contributed by atoms with van der Waals surface area (Å²) < 4.78 is 32.9. The summed E-state index contributed by atoms with van der Waals surface area (Å²) in [6.07, 6.45) is 0. The van der Waals surface area contributed by atoms with Crippen molar-refractivity contribution in [3.8, 4) is 0 Å². The molecule has 1 aromatic rings. The summed E-state index contributed by atoms with van der Waals surface area (Å²) in [5.41, 5.74) is -0.574. The van der Waals surface area contributed by atoms with Crippen molar-refractivity contribution in [1.29, 1.82) is 0 Å². The minimum atomic E-state index is -0.895. The average Bonchev–Trinajstić information content (AvgIpc) is 2.32. The van der Waals surface area contributed by atoms with Crippen LogP contribution >= 0.6 is 15.9 Å². The van der Waals surface area contributed by atoms with Crippen molar-refractivity contribution < 1.29 is 18.3 Å². The molecule has 0 aliphatic heterocycles. The smallest absolute Gasteiger partial charge is 0.257 e. The van der Waals surface area contributed by atoms with E-state index in [1.54, 1.807) is 0 Å². The number of rotatable bonds is 6. The Morgan fingerprint density at radius 3 is 2.35 bits per heavy atom. The Kier molecular flexibility index (Phi) is 6.55. The highest BCUT2D eigenvalue weighted by Gasteiger charge is 2.22. The van der Waals surface area contributed by atoms with E-state index >= 15 is 0 Å². The predicted octanol–water partition coefficient (Wildman–Crippen LogP) is 3.52. The van der Waals surface area contributed by atoms with Gasteiger partial charge in [-0.25, -0.2) is 8.78 Å². The molecule has 1 unspecified atom stereocenters. The van der Waals surface area contributed by atoms with E-state index in [-0.39, 0.29) is 16.4 Å². The lowest BCUT2D eigenvalue weighted by Crippen LogP contribution is -2.42. The van der Waals surface area contributed by atoms with Crippen molar-refractivity contribution in [3.63, 3.8) is 0 Å². The highest BCUT2D eigenvalue weighted by atomic mass is 79.9. The van der Waals surface area contributed by atoms with Gasteiger partial charge in [0.15, 0.2) is 0 Å². The largest absolute Gasteiger partial charge is 0.380 e. The quantitative estimate of drug-likeness (QED) is 0.853. The summed E-state index contributed by atoms with van der Waals surface area (Å²) in [4.78, 5) is 12.0. The van der Waals surface area contributed by atoms with Crippen LogP contribution in [-0.2, 0) is 4.74 Å². The highest BCUT2D eigenvalue weighted by Crippen LogP contribution is 2.19. The maximum atomic E-state index is 13.7. The number of benzene rings is 1. The SMILES string of the molecule is CCOCC(NC(=O)c1c(F)cc(Br)cc1F)C(C)C. The molecule has 0 heterocycles. The lowest BCUT2D eigenvalue weighted by molar-refractivity contribution is 0.0799. The summed E-state index contributed by atoms with van der Waals surface area (Å²) in [5.74, 6) is -2.47. The Morgan fingerprint density at radius 1 is 1.35 bits per heavy atom. The van der Waals surface area contributed by atoms with Gasteiger partial charge in [0.1, 0.15) is 17.2 Å². The topological polar surface area (TPSA) is 38.3 Å². The van der Waals surface area contributed by atoms with Gasteiger partial charge >= 0.3 is 0 Å². The van der Waals surface area contributed by atoms with Crippen LogP contribution in [0.1, 0.15) is 31.1 Å². The highest BCUT2D eigenvalue weighted by molar-refractivity contribution is 9.10. The van der Waals surface area contributed by atoms with Gasteiger partial charge in [0, 0.05) is 11.1 Å². The monoisotopic (exact) mass is 349 g/mol. The van der Waals surface area contributed by atoms with Gasteiger partial charge in [0.25, 0.3) is 5.91 Å². The predicted molar refractivity (Wildman–Crippen MR) is 76.6 cm³/mol. The molecule has 1 N–H and O–H groups in total. The molecule has 0 saturated carbocycles. The average molecular weight is 350 g/mol. The molecule has 3 nitrogen and oxygen atoms in total. The first kappa shape index (κ1) is 17.0. The van der Waals surface area contributed by atoms with Crippen LogP contribution in [0, 0.1) is 17.6 Å². The van der Waals surface area contributed by atoms with E-state index in [2.05, 4.69) is 21.2 Å². The first-order valence-corrected chi connectivity index (χ1v) is 7.19. The van der Waals surface area contributed by atoms with Crippen LogP contribution in [0.4, 0.5) is 8.78 Å². The lowest BCUT2D eigenvalue weighted by Gasteiger charge is -2.22.